The molecule has 18 heavy (non-hydrogen) atoms. The summed E-state index contributed by atoms with van der Waals surface area (Å²) in [7, 11) is 0. The van der Waals surface area contributed by atoms with E-state index >= 15 is 0 Å². The van der Waals surface area contributed by atoms with Crippen LogP contribution in [0.3, 0.4) is 0 Å². The van der Waals surface area contributed by atoms with E-state index in [1.54, 1.807) is 18.2 Å². The average Bonchev–Trinajstić information content (AvgIpc) is 2.39. The third-order valence-corrected chi connectivity index (χ3v) is 2.64. The van der Waals surface area contributed by atoms with E-state index in [0.29, 0.717) is 11.1 Å². The zero-order valence-electron chi connectivity index (χ0n) is 9.63. The Hall–Kier alpha value is -2.60. The van der Waals surface area contributed by atoms with E-state index in [4.69, 9.17) is 10.4 Å². The molecule has 0 fully saturated rings. The minimum atomic E-state index is -0.897. The van der Waals surface area contributed by atoms with Crippen molar-refractivity contribution in [1.82, 2.24) is 0 Å². The molecule has 3 nitrogen and oxygen atoms in total. The molecule has 0 aliphatic heterocycles. The van der Waals surface area contributed by atoms with Crippen LogP contribution in [0.5, 0.6) is 0 Å². The van der Waals surface area contributed by atoms with Crippen molar-refractivity contribution in [3.05, 3.63) is 59.7 Å². The first-order valence-electron chi connectivity index (χ1n) is 5.51. The molecule has 2 aromatic rings. The van der Waals surface area contributed by atoms with Crippen LogP contribution in [0.1, 0.15) is 11.1 Å². The van der Waals surface area contributed by atoms with Gasteiger partial charge in [-0.15, -0.1) is 0 Å². The van der Waals surface area contributed by atoms with Crippen molar-refractivity contribution in [1.29, 1.82) is 5.26 Å². The summed E-state index contributed by atoms with van der Waals surface area (Å²) in [5.41, 5.74) is 2.92. The van der Waals surface area contributed by atoms with Gasteiger partial charge in [0.2, 0.25) is 0 Å². The first-order chi connectivity index (χ1) is 8.70. The lowest BCUT2D eigenvalue weighted by molar-refractivity contribution is -0.136. The number of benzene rings is 2. The van der Waals surface area contributed by atoms with Gasteiger partial charge in [-0.2, -0.15) is 5.26 Å². The normalized spacial score (nSPS) is 9.72. The number of carboxylic acid groups (broad SMARTS) is 1. The Bertz CT molecular complexity index is 612. The average molecular weight is 237 g/mol. The molecule has 0 radical (unpaired) electrons. The largest absolute Gasteiger partial charge is 0.481 e. The molecule has 3 heteroatoms. The molecular formula is C15H11NO2. The monoisotopic (exact) mass is 237 g/mol. The molecule has 0 aliphatic rings. The number of hydrogen-bond acceptors (Lipinski definition) is 2. The molecule has 0 aliphatic carbocycles. The summed E-state index contributed by atoms with van der Waals surface area (Å²) in [5, 5.41) is 17.9. The molecule has 0 unspecified atom stereocenters. The SMILES string of the molecule is N#Cc1cc(CC(=O)O)ccc1-c1ccccc1. The van der Waals surface area contributed by atoms with Gasteiger partial charge < -0.3 is 5.11 Å². The highest BCUT2D eigenvalue weighted by Gasteiger charge is 2.07. The van der Waals surface area contributed by atoms with Gasteiger partial charge in [0, 0.05) is 0 Å². The predicted octanol–water partition coefficient (Wildman–Crippen LogP) is 2.85. The quantitative estimate of drug-likeness (QED) is 0.892. The summed E-state index contributed by atoms with van der Waals surface area (Å²) in [5.74, 6) is -0.897. The fraction of sp³-hybridized carbons (Fsp3) is 0.0667. The zero-order valence-corrected chi connectivity index (χ0v) is 9.63. The van der Waals surface area contributed by atoms with E-state index < -0.39 is 5.97 Å². The zero-order chi connectivity index (χ0) is 13.0. The van der Waals surface area contributed by atoms with Crippen LogP contribution in [0.15, 0.2) is 48.5 Å². The van der Waals surface area contributed by atoms with Crippen molar-refractivity contribution >= 4 is 5.97 Å². The van der Waals surface area contributed by atoms with Crippen LogP contribution < -0.4 is 0 Å². The highest BCUT2D eigenvalue weighted by Crippen LogP contribution is 2.24. The Morgan fingerprint density at radius 3 is 2.50 bits per heavy atom. The van der Waals surface area contributed by atoms with E-state index in [-0.39, 0.29) is 6.42 Å². The minimum absolute atomic E-state index is 0.0657. The molecule has 0 aromatic heterocycles. The van der Waals surface area contributed by atoms with Crippen LogP contribution in [0.2, 0.25) is 0 Å². The van der Waals surface area contributed by atoms with Gasteiger partial charge in [-0.3, -0.25) is 4.79 Å². The molecule has 0 saturated heterocycles. The minimum Gasteiger partial charge on any atom is -0.481 e. The van der Waals surface area contributed by atoms with Crippen LogP contribution in [0.4, 0.5) is 0 Å². The molecule has 0 spiro atoms. The fourth-order valence-electron chi connectivity index (χ4n) is 1.84. The molecule has 2 rings (SSSR count). The summed E-state index contributed by atoms with van der Waals surface area (Å²) < 4.78 is 0. The van der Waals surface area contributed by atoms with E-state index in [0.717, 1.165) is 11.1 Å². The second kappa shape index (κ2) is 5.15. The fourth-order valence-corrected chi connectivity index (χ4v) is 1.84. The summed E-state index contributed by atoms with van der Waals surface area (Å²) in [6.45, 7) is 0. The van der Waals surface area contributed by atoms with E-state index in [2.05, 4.69) is 6.07 Å². The molecular weight excluding hydrogens is 226 g/mol. The Kier molecular flexibility index (Phi) is 3.40. The maximum absolute atomic E-state index is 10.6. The van der Waals surface area contributed by atoms with Crippen LogP contribution in [-0.4, -0.2) is 11.1 Å². The van der Waals surface area contributed by atoms with Crippen molar-refractivity contribution in [3.63, 3.8) is 0 Å². The van der Waals surface area contributed by atoms with Crippen LogP contribution in [0, 0.1) is 11.3 Å². The van der Waals surface area contributed by atoms with E-state index in [1.807, 2.05) is 30.3 Å². The number of nitrogens with zero attached hydrogens (tertiary/aromatic N) is 1. The lowest BCUT2D eigenvalue weighted by atomic mass is 9.97. The van der Waals surface area contributed by atoms with Crippen molar-refractivity contribution in [2.45, 2.75) is 6.42 Å². The van der Waals surface area contributed by atoms with Gasteiger partial charge in [0.1, 0.15) is 0 Å². The van der Waals surface area contributed by atoms with Crippen molar-refractivity contribution < 1.29 is 9.90 Å². The third kappa shape index (κ3) is 2.55. The van der Waals surface area contributed by atoms with Crippen LogP contribution in [0.25, 0.3) is 11.1 Å². The third-order valence-electron chi connectivity index (χ3n) is 2.64. The van der Waals surface area contributed by atoms with Crippen molar-refractivity contribution in [3.8, 4) is 17.2 Å². The second-order valence-corrected chi connectivity index (χ2v) is 3.93. The van der Waals surface area contributed by atoms with Gasteiger partial charge in [0.25, 0.3) is 0 Å². The van der Waals surface area contributed by atoms with Gasteiger partial charge in [0.15, 0.2) is 0 Å². The Labute approximate surface area is 105 Å². The molecule has 0 heterocycles. The smallest absolute Gasteiger partial charge is 0.307 e. The maximum atomic E-state index is 10.6. The second-order valence-electron chi connectivity index (χ2n) is 3.93. The number of carbonyl (C=O) groups is 1. The number of hydrogen-bond donors (Lipinski definition) is 1. The molecule has 1 N–H and O–H groups in total. The van der Waals surface area contributed by atoms with Gasteiger partial charge in [0.05, 0.1) is 18.1 Å². The molecule has 0 bridgehead atoms. The molecule has 2 aromatic carbocycles. The molecule has 88 valence electrons. The number of rotatable bonds is 3. The lowest BCUT2D eigenvalue weighted by Crippen LogP contribution is -2.00. The van der Waals surface area contributed by atoms with Gasteiger partial charge in [-0.05, 0) is 22.8 Å². The number of nitriles is 1. The molecule has 0 saturated carbocycles. The topological polar surface area (TPSA) is 61.1 Å². The van der Waals surface area contributed by atoms with Gasteiger partial charge in [-0.25, -0.2) is 0 Å². The van der Waals surface area contributed by atoms with Crippen molar-refractivity contribution in [2.24, 2.45) is 0 Å². The van der Waals surface area contributed by atoms with Crippen LogP contribution in [-0.2, 0) is 11.2 Å². The number of carboxylic acids is 1. The summed E-state index contributed by atoms with van der Waals surface area (Å²) in [6, 6.07) is 16.9. The summed E-state index contributed by atoms with van der Waals surface area (Å²) >= 11 is 0. The lowest BCUT2D eigenvalue weighted by Gasteiger charge is -2.06. The number of aliphatic carboxylic acids is 1. The Morgan fingerprint density at radius 2 is 1.89 bits per heavy atom. The maximum Gasteiger partial charge on any atom is 0.307 e. The highest BCUT2D eigenvalue weighted by atomic mass is 16.4. The van der Waals surface area contributed by atoms with Gasteiger partial charge >= 0.3 is 5.97 Å². The molecule has 0 atom stereocenters. The Morgan fingerprint density at radius 1 is 1.17 bits per heavy atom. The van der Waals surface area contributed by atoms with Crippen LogP contribution >= 0.6 is 0 Å². The first kappa shape index (κ1) is 11.9. The molecule has 0 amide bonds. The van der Waals surface area contributed by atoms with E-state index in [1.165, 1.54) is 0 Å². The Balaban J connectivity index is 2.45. The van der Waals surface area contributed by atoms with Crippen molar-refractivity contribution in [2.75, 3.05) is 0 Å². The summed E-state index contributed by atoms with van der Waals surface area (Å²) in [4.78, 5) is 10.6. The standard InChI is InChI=1S/C15H11NO2/c16-10-13-8-11(9-15(17)18)6-7-14(13)12-4-2-1-3-5-12/h1-8H,9H2,(H,17,18). The highest BCUT2D eigenvalue weighted by molar-refractivity contribution is 5.74. The van der Waals surface area contributed by atoms with Gasteiger partial charge in [-0.1, -0.05) is 42.5 Å². The first-order valence-corrected chi connectivity index (χ1v) is 5.51. The summed E-state index contributed by atoms with van der Waals surface area (Å²) in [6.07, 6.45) is -0.0657. The predicted molar refractivity (Wildman–Crippen MR) is 67.9 cm³/mol. The van der Waals surface area contributed by atoms with E-state index in [9.17, 15) is 4.79 Å².